The first-order valence-electron chi connectivity index (χ1n) is 7.63. The highest BCUT2D eigenvalue weighted by Gasteiger charge is 2.14. The van der Waals surface area contributed by atoms with Gasteiger partial charge in [-0.25, -0.2) is 9.67 Å². The van der Waals surface area contributed by atoms with Gasteiger partial charge in [-0.2, -0.15) is 5.10 Å². The Morgan fingerprint density at radius 2 is 1.91 bits per heavy atom. The van der Waals surface area contributed by atoms with Crippen molar-refractivity contribution >= 4 is 5.82 Å². The summed E-state index contributed by atoms with van der Waals surface area (Å²) in [5.74, 6) is 3.24. The summed E-state index contributed by atoms with van der Waals surface area (Å²) in [6.07, 6.45) is 3.43. The molecule has 0 fully saturated rings. The molecule has 3 aromatic rings. The Labute approximate surface area is 135 Å². The predicted molar refractivity (Wildman–Crippen MR) is 88.8 cm³/mol. The average molecular weight is 311 g/mol. The molecular formula is C17H21N5O. The van der Waals surface area contributed by atoms with Crippen molar-refractivity contribution in [3.8, 4) is 5.82 Å². The zero-order chi connectivity index (χ0) is 16.6. The summed E-state index contributed by atoms with van der Waals surface area (Å²) in [5.41, 5.74) is 3.12. The molecule has 0 aromatic carbocycles. The molecule has 3 heterocycles. The van der Waals surface area contributed by atoms with Gasteiger partial charge >= 0.3 is 0 Å². The fourth-order valence-electron chi connectivity index (χ4n) is 2.77. The summed E-state index contributed by atoms with van der Waals surface area (Å²) in [6.45, 7) is 9.97. The maximum Gasteiger partial charge on any atom is 0.174 e. The lowest BCUT2D eigenvalue weighted by atomic mass is 10.1. The molecule has 0 aliphatic rings. The van der Waals surface area contributed by atoms with E-state index in [-0.39, 0.29) is 6.04 Å². The van der Waals surface area contributed by atoms with E-state index >= 15 is 0 Å². The molecule has 0 amide bonds. The third-order valence-corrected chi connectivity index (χ3v) is 3.76. The maximum absolute atomic E-state index is 5.59. The smallest absolute Gasteiger partial charge is 0.174 e. The van der Waals surface area contributed by atoms with E-state index in [4.69, 9.17) is 4.42 Å². The quantitative estimate of drug-likeness (QED) is 0.796. The van der Waals surface area contributed by atoms with Gasteiger partial charge in [0.15, 0.2) is 5.82 Å². The lowest BCUT2D eigenvalue weighted by Gasteiger charge is -2.14. The largest absolute Gasteiger partial charge is 0.466 e. The van der Waals surface area contributed by atoms with Crippen molar-refractivity contribution in [2.75, 3.05) is 5.32 Å². The van der Waals surface area contributed by atoms with Gasteiger partial charge in [-0.1, -0.05) is 0 Å². The number of furan rings is 1. The van der Waals surface area contributed by atoms with Gasteiger partial charge in [-0.15, -0.1) is 0 Å². The summed E-state index contributed by atoms with van der Waals surface area (Å²) in [4.78, 5) is 8.89. The molecule has 1 atom stereocenters. The molecule has 0 aliphatic carbocycles. The first kappa shape index (κ1) is 15.3. The molecule has 0 aliphatic heterocycles. The van der Waals surface area contributed by atoms with E-state index in [2.05, 4.69) is 27.3 Å². The van der Waals surface area contributed by atoms with Crippen molar-refractivity contribution in [3.05, 3.63) is 53.0 Å². The van der Waals surface area contributed by atoms with Crippen molar-refractivity contribution in [1.82, 2.24) is 19.7 Å². The zero-order valence-corrected chi connectivity index (χ0v) is 14.1. The van der Waals surface area contributed by atoms with Crippen LogP contribution in [0, 0.1) is 27.7 Å². The zero-order valence-electron chi connectivity index (χ0n) is 14.1. The molecule has 120 valence electrons. The summed E-state index contributed by atoms with van der Waals surface area (Å²) >= 11 is 0. The van der Waals surface area contributed by atoms with Crippen LogP contribution in [0.3, 0.4) is 0 Å². The Hall–Kier alpha value is -2.63. The average Bonchev–Trinajstić information content (AvgIpc) is 3.00. The van der Waals surface area contributed by atoms with Gasteiger partial charge in [0.05, 0.1) is 24.1 Å². The first-order chi connectivity index (χ1) is 10.9. The van der Waals surface area contributed by atoms with E-state index < -0.39 is 0 Å². The van der Waals surface area contributed by atoms with E-state index in [0.29, 0.717) is 11.6 Å². The molecule has 23 heavy (non-hydrogen) atoms. The molecule has 0 radical (unpaired) electrons. The van der Waals surface area contributed by atoms with E-state index in [1.54, 1.807) is 17.1 Å². The van der Waals surface area contributed by atoms with E-state index in [1.165, 1.54) is 0 Å². The van der Waals surface area contributed by atoms with Crippen molar-refractivity contribution in [3.63, 3.8) is 0 Å². The van der Waals surface area contributed by atoms with Crippen molar-refractivity contribution < 1.29 is 4.42 Å². The molecule has 6 heteroatoms. The Morgan fingerprint density at radius 3 is 2.52 bits per heavy atom. The molecule has 1 N–H and O–H groups in total. The standard InChI is InChI=1S/C17H21N5O/c1-10-6-11(2)22(21-10)17-9-18-8-16(20-17)19-13(4)15-7-12(3)23-14(15)5/h6-9,13H,1-5H3,(H,19,20). The van der Waals surface area contributed by atoms with E-state index in [0.717, 1.165) is 28.5 Å². The fourth-order valence-corrected chi connectivity index (χ4v) is 2.77. The second-order valence-corrected chi connectivity index (χ2v) is 5.84. The molecule has 6 nitrogen and oxygen atoms in total. The Bertz CT molecular complexity index is 833. The molecule has 3 aromatic heterocycles. The van der Waals surface area contributed by atoms with Crippen LogP contribution in [0.5, 0.6) is 0 Å². The third kappa shape index (κ3) is 3.11. The summed E-state index contributed by atoms with van der Waals surface area (Å²) in [5, 5.41) is 7.82. The summed E-state index contributed by atoms with van der Waals surface area (Å²) in [6, 6.07) is 4.14. The van der Waals surface area contributed by atoms with Crippen molar-refractivity contribution in [2.24, 2.45) is 0 Å². The van der Waals surface area contributed by atoms with Gasteiger partial charge in [0.25, 0.3) is 0 Å². The lowest BCUT2D eigenvalue weighted by Crippen LogP contribution is -2.10. The van der Waals surface area contributed by atoms with Crippen LogP contribution in [0.15, 0.2) is 28.9 Å². The van der Waals surface area contributed by atoms with Crippen LogP contribution in [0.1, 0.15) is 41.4 Å². The normalized spacial score (nSPS) is 12.4. The molecule has 0 spiro atoms. The van der Waals surface area contributed by atoms with Gasteiger partial charge < -0.3 is 9.73 Å². The monoisotopic (exact) mass is 311 g/mol. The maximum atomic E-state index is 5.59. The van der Waals surface area contributed by atoms with Crippen LogP contribution < -0.4 is 5.32 Å². The number of nitrogens with one attached hydrogen (secondary N) is 1. The van der Waals surface area contributed by atoms with Gasteiger partial charge in [0.1, 0.15) is 17.3 Å². The second-order valence-electron chi connectivity index (χ2n) is 5.84. The number of nitrogens with zero attached hydrogens (tertiary/aromatic N) is 4. The Kier molecular flexibility index (Phi) is 3.90. The van der Waals surface area contributed by atoms with Crippen molar-refractivity contribution in [1.29, 1.82) is 0 Å². The second kappa shape index (κ2) is 5.87. The number of aryl methyl sites for hydroxylation is 4. The Morgan fingerprint density at radius 1 is 1.13 bits per heavy atom. The molecule has 3 rings (SSSR count). The van der Waals surface area contributed by atoms with Crippen LogP contribution >= 0.6 is 0 Å². The first-order valence-corrected chi connectivity index (χ1v) is 7.63. The van der Waals surface area contributed by atoms with E-state index in [9.17, 15) is 0 Å². The SMILES string of the molecule is Cc1cc(C)n(-c2cncc(NC(C)c3cc(C)oc3C)n2)n1. The van der Waals surface area contributed by atoms with Crippen molar-refractivity contribution in [2.45, 2.75) is 40.7 Å². The Balaban J connectivity index is 1.85. The number of aromatic nitrogens is 4. The minimum atomic E-state index is 0.0810. The van der Waals surface area contributed by atoms with Gasteiger partial charge in [0.2, 0.25) is 0 Å². The highest BCUT2D eigenvalue weighted by atomic mass is 16.3. The van der Waals surface area contributed by atoms with Crippen LogP contribution in [0.4, 0.5) is 5.82 Å². The molecule has 0 saturated heterocycles. The highest BCUT2D eigenvalue weighted by molar-refractivity contribution is 5.40. The number of rotatable bonds is 4. The summed E-state index contributed by atoms with van der Waals surface area (Å²) in [7, 11) is 0. The van der Waals surface area contributed by atoms with Gasteiger partial charge in [0, 0.05) is 11.3 Å². The molecular weight excluding hydrogens is 290 g/mol. The van der Waals surface area contributed by atoms with Crippen LogP contribution in [-0.2, 0) is 0 Å². The van der Waals surface area contributed by atoms with E-state index in [1.807, 2.05) is 39.8 Å². The topological polar surface area (TPSA) is 68.8 Å². The number of hydrogen-bond acceptors (Lipinski definition) is 5. The van der Waals surface area contributed by atoms with Gasteiger partial charge in [-0.3, -0.25) is 4.98 Å². The molecule has 0 bridgehead atoms. The molecule has 0 saturated carbocycles. The summed E-state index contributed by atoms with van der Waals surface area (Å²) < 4.78 is 7.39. The third-order valence-electron chi connectivity index (χ3n) is 3.76. The van der Waals surface area contributed by atoms with Gasteiger partial charge in [-0.05, 0) is 46.8 Å². The minimum absolute atomic E-state index is 0.0810. The molecule has 1 unspecified atom stereocenters. The minimum Gasteiger partial charge on any atom is -0.466 e. The van der Waals surface area contributed by atoms with Crippen LogP contribution in [0.25, 0.3) is 5.82 Å². The highest BCUT2D eigenvalue weighted by Crippen LogP contribution is 2.24. The number of anilines is 1. The van der Waals surface area contributed by atoms with Crippen LogP contribution in [0.2, 0.25) is 0 Å². The fraction of sp³-hybridized carbons (Fsp3) is 0.353. The lowest BCUT2D eigenvalue weighted by molar-refractivity contribution is 0.499. The number of hydrogen-bond donors (Lipinski definition) is 1. The predicted octanol–water partition coefficient (Wildman–Crippen LogP) is 3.66. The van der Waals surface area contributed by atoms with Crippen LogP contribution in [-0.4, -0.2) is 19.7 Å².